The highest BCUT2D eigenvalue weighted by molar-refractivity contribution is 5.71. The lowest BCUT2D eigenvalue weighted by Crippen LogP contribution is -2.17. The molecular formula is C15H12F3NO. The van der Waals surface area contributed by atoms with Crippen molar-refractivity contribution >= 4 is 17.8 Å². The lowest BCUT2D eigenvalue weighted by molar-refractivity contribution is -0.274. The van der Waals surface area contributed by atoms with Gasteiger partial charge in [0.15, 0.2) is 0 Å². The largest absolute Gasteiger partial charge is 0.573 e. The quantitative estimate of drug-likeness (QED) is 0.670. The van der Waals surface area contributed by atoms with Crippen LogP contribution in [0.4, 0.5) is 18.9 Å². The predicted molar refractivity (Wildman–Crippen MR) is 72.9 cm³/mol. The molecule has 0 spiro atoms. The molecule has 0 aliphatic rings. The lowest BCUT2D eigenvalue weighted by Gasteiger charge is -2.08. The molecule has 2 aromatic carbocycles. The number of alkyl halides is 3. The molecule has 0 radical (unpaired) electrons. The summed E-state index contributed by atoms with van der Waals surface area (Å²) < 4.78 is 40.2. The molecule has 0 atom stereocenters. The zero-order valence-corrected chi connectivity index (χ0v) is 10.4. The number of hydrogen-bond acceptors (Lipinski definition) is 2. The van der Waals surface area contributed by atoms with E-state index in [1.165, 1.54) is 18.2 Å². The monoisotopic (exact) mass is 279 g/mol. The third-order valence-corrected chi connectivity index (χ3v) is 2.47. The number of nitrogen functional groups attached to an aromatic ring is 1. The molecule has 0 amide bonds. The standard InChI is InChI=1S/C15H12F3NO/c16-15(17,18)20-14-6-2-4-12(10-14)8-7-11-3-1-5-13(19)9-11/h1-10H,19H2. The van der Waals surface area contributed by atoms with Crippen molar-refractivity contribution in [1.29, 1.82) is 0 Å². The molecule has 5 heteroatoms. The van der Waals surface area contributed by atoms with Gasteiger partial charge in [0.25, 0.3) is 0 Å². The van der Waals surface area contributed by atoms with E-state index in [4.69, 9.17) is 5.73 Å². The third-order valence-electron chi connectivity index (χ3n) is 2.47. The predicted octanol–water partition coefficient (Wildman–Crippen LogP) is 4.34. The Morgan fingerprint density at radius 2 is 1.50 bits per heavy atom. The average molecular weight is 279 g/mol. The van der Waals surface area contributed by atoms with Crippen LogP contribution < -0.4 is 10.5 Å². The van der Waals surface area contributed by atoms with Gasteiger partial charge in [-0.15, -0.1) is 13.2 Å². The third kappa shape index (κ3) is 4.35. The van der Waals surface area contributed by atoms with Gasteiger partial charge in [-0.3, -0.25) is 0 Å². The molecule has 20 heavy (non-hydrogen) atoms. The second kappa shape index (κ2) is 5.69. The highest BCUT2D eigenvalue weighted by atomic mass is 19.4. The molecule has 0 aromatic heterocycles. The molecule has 0 saturated carbocycles. The van der Waals surface area contributed by atoms with Crippen molar-refractivity contribution in [2.75, 3.05) is 5.73 Å². The van der Waals surface area contributed by atoms with Crippen molar-refractivity contribution in [2.45, 2.75) is 6.36 Å². The first-order valence-electron chi connectivity index (χ1n) is 5.82. The lowest BCUT2D eigenvalue weighted by atomic mass is 10.1. The molecule has 0 saturated heterocycles. The van der Waals surface area contributed by atoms with Crippen LogP contribution >= 0.6 is 0 Å². The van der Waals surface area contributed by atoms with E-state index in [0.717, 1.165) is 5.56 Å². The van der Waals surface area contributed by atoms with Crippen LogP contribution in [0, 0.1) is 0 Å². The van der Waals surface area contributed by atoms with Crippen LogP contribution in [-0.2, 0) is 0 Å². The van der Waals surface area contributed by atoms with Gasteiger partial charge < -0.3 is 10.5 Å². The second-order valence-electron chi connectivity index (χ2n) is 4.12. The molecule has 104 valence electrons. The Bertz CT molecular complexity index is 621. The van der Waals surface area contributed by atoms with Crippen LogP contribution in [0.1, 0.15) is 11.1 Å². The Labute approximate surface area is 114 Å². The summed E-state index contributed by atoms with van der Waals surface area (Å²) in [6.07, 6.45) is -1.22. The van der Waals surface area contributed by atoms with E-state index in [0.29, 0.717) is 11.3 Å². The van der Waals surface area contributed by atoms with Gasteiger partial charge in [-0.25, -0.2) is 0 Å². The summed E-state index contributed by atoms with van der Waals surface area (Å²) in [5.74, 6) is -0.243. The molecule has 2 N–H and O–H groups in total. The van der Waals surface area contributed by atoms with Crippen LogP contribution in [-0.4, -0.2) is 6.36 Å². The van der Waals surface area contributed by atoms with Gasteiger partial charge >= 0.3 is 6.36 Å². The van der Waals surface area contributed by atoms with Crippen LogP contribution in [0.25, 0.3) is 12.2 Å². The van der Waals surface area contributed by atoms with E-state index in [-0.39, 0.29) is 5.75 Å². The van der Waals surface area contributed by atoms with Crippen LogP contribution in [0.2, 0.25) is 0 Å². The van der Waals surface area contributed by atoms with Crippen LogP contribution in [0.3, 0.4) is 0 Å². The first-order chi connectivity index (χ1) is 9.42. The summed E-state index contributed by atoms with van der Waals surface area (Å²) in [6.45, 7) is 0. The number of benzene rings is 2. The van der Waals surface area contributed by atoms with Gasteiger partial charge in [0.05, 0.1) is 0 Å². The number of rotatable bonds is 3. The molecule has 0 aliphatic heterocycles. The Kier molecular flexibility index (Phi) is 3.98. The van der Waals surface area contributed by atoms with Crippen molar-refractivity contribution in [3.8, 4) is 5.75 Å². The zero-order chi connectivity index (χ0) is 14.6. The summed E-state index contributed by atoms with van der Waals surface area (Å²) in [4.78, 5) is 0. The van der Waals surface area contributed by atoms with E-state index in [9.17, 15) is 13.2 Å². The minimum absolute atomic E-state index is 0.243. The topological polar surface area (TPSA) is 35.2 Å². The van der Waals surface area contributed by atoms with Crippen molar-refractivity contribution in [2.24, 2.45) is 0 Å². The van der Waals surface area contributed by atoms with E-state index in [2.05, 4.69) is 4.74 Å². The fourth-order valence-electron chi connectivity index (χ4n) is 1.67. The first-order valence-corrected chi connectivity index (χ1v) is 5.82. The zero-order valence-electron chi connectivity index (χ0n) is 10.4. The molecular weight excluding hydrogens is 267 g/mol. The maximum Gasteiger partial charge on any atom is 0.573 e. The van der Waals surface area contributed by atoms with Gasteiger partial charge in [0.1, 0.15) is 5.75 Å². The van der Waals surface area contributed by atoms with Crippen LogP contribution in [0.15, 0.2) is 48.5 Å². The fraction of sp³-hybridized carbons (Fsp3) is 0.0667. The average Bonchev–Trinajstić information content (AvgIpc) is 2.35. The Hall–Kier alpha value is -2.43. The molecule has 0 unspecified atom stereocenters. The van der Waals surface area contributed by atoms with E-state index in [1.807, 2.05) is 6.07 Å². The van der Waals surface area contributed by atoms with Gasteiger partial charge in [-0.05, 0) is 35.4 Å². The van der Waals surface area contributed by atoms with Crippen molar-refractivity contribution in [3.05, 3.63) is 59.7 Å². The first kappa shape index (κ1) is 14.0. The molecule has 0 bridgehead atoms. The van der Waals surface area contributed by atoms with Crippen molar-refractivity contribution in [1.82, 2.24) is 0 Å². The van der Waals surface area contributed by atoms with E-state index < -0.39 is 6.36 Å². The molecule has 2 nitrogen and oxygen atoms in total. The fourth-order valence-corrected chi connectivity index (χ4v) is 1.67. The maximum atomic E-state index is 12.1. The van der Waals surface area contributed by atoms with Gasteiger partial charge in [0.2, 0.25) is 0 Å². The highest BCUT2D eigenvalue weighted by Crippen LogP contribution is 2.24. The smallest absolute Gasteiger partial charge is 0.406 e. The summed E-state index contributed by atoms with van der Waals surface area (Å²) in [6, 6.07) is 12.9. The number of nitrogens with two attached hydrogens (primary N) is 1. The van der Waals surface area contributed by atoms with Gasteiger partial charge in [0, 0.05) is 5.69 Å². The Morgan fingerprint density at radius 3 is 2.10 bits per heavy atom. The summed E-state index contributed by atoms with van der Waals surface area (Å²) >= 11 is 0. The number of hydrogen-bond donors (Lipinski definition) is 1. The second-order valence-corrected chi connectivity index (χ2v) is 4.12. The minimum Gasteiger partial charge on any atom is -0.406 e. The number of anilines is 1. The number of halogens is 3. The van der Waals surface area contributed by atoms with Crippen molar-refractivity contribution < 1.29 is 17.9 Å². The van der Waals surface area contributed by atoms with Crippen molar-refractivity contribution in [3.63, 3.8) is 0 Å². The van der Waals surface area contributed by atoms with Crippen LogP contribution in [0.5, 0.6) is 5.75 Å². The molecule has 2 aromatic rings. The highest BCUT2D eigenvalue weighted by Gasteiger charge is 2.30. The van der Waals surface area contributed by atoms with E-state index >= 15 is 0 Å². The SMILES string of the molecule is Nc1cccc(C=Cc2cccc(OC(F)(F)F)c2)c1. The normalized spacial score (nSPS) is 11.8. The van der Waals surface area contributed by atoms with E-state index in [1.54, 1.807) is 36.4 Å². The summed E-state index contributed by atoms with van der Waals surface area (Å²) in [5, 5.41) is 0. The summed E-state index contributed by atoms with van der Waals surface area (Å²) in [5.41, 5.74) is 7.74. The number of ether oxygens (including phenoxy) is 1. The van der Waals surface area contributed by atoms with Gasteiger partial charge in [-0.1, -0.05) is 36.4 Å². The van der Waals surface area contributed by atoms with Gasteiger partial charge in [-0.2, -0.15) is 0 Å². The Morgan fingerprint density at radius 1 is 0.900 bits per heavy atom. The minimum atomic E-state index is -4.68. The maximum absolute atomic E-state index is 12.1. The molecule has 0 aliphatic carbocycles. The summed E-state index contributed by atoms with van der Waals surface area (Å²) in [7, 11) is 0. The Balaban J connectivity index is 2.15. The molecule has 0 fully saturated rings. The molecule has 0 heterocycles. The molecule has 2 rings (SSSR count).